The SMILES string of the molecule is CCNC(=NCc1ccc(OCCO)c(OC)c1)NC1CCN(c2ccccc2)C1.I. The highest BCUT2D eigenvalue weighted by molar-refractivity contribution is 14.0. The number of hydrogen-bond donors (Lipinski definition) is 3. The summed E-state index contributed by atoms with van der Waals surface area (Å²) in [6.07, 6.45) is 1.07. The summed E-state index contributed by atoms with van der Waals surface area (Å²) in [4.78, 5) is 7.15. The zero-order chi connectivity index (χ0) is 21.2. The minimum absolute atomic E-state index is 0. The first-order chi connectivity index (χ1) is 14.7. The average molecular weight is 540 g/mol. The lowest BCUT2D eigenvalue weighted by molar-refractivity contribution is 0.196. The minimum Gasteiger partial charge on any atom is -0.493 e. The van der Waals surface area contributed by atoms with Crippen molar-refractivity contribution in [2.24, 2.45) is 4.99 Å². The van der Waals surface area contributed by atoms with Gasteiger partial charge >= 0.3 is 0 Å². The van der Waals surface area contributed by atoms with Crippen LogP contribution >= 0.6 is 24.0 Å². The summed E-state index contributed by atoms with van der Waals surface area (Å²) in [7, 11) is 1.61. The summed E-state index contributed by atoms with van der Waals surface area (Å²) in [5, 5.41) is 15.8. The van der Waals surface area contributed by atoms with E-state index in [-0.39, 0.29) is 37.2 Å². The van der Waals surface area contributed by atoms with Crippen molar-refractivity contribution < 1.29 is 14.6 Å². The maximum atomic E-state index is 8.94. The molecule has 1 unspecified atom stereocenters. The summed E-state index contributed by atoms with van der Waals surface area (Å²) >= 11 is 0. The van der Waals surface area contributed by atoms with E-state index in [0.29, 0.717) is 24.1 Å². The van der Waals surface area contributed by atoms with E-state index < -0.39 is 0 Å². The van der Waals surface area contributed by atoms with Crippen molar-refractivity contribution in [3.05, 3.63) is 54.1 Å². The van der Waals surface area contributed by atoms with Gasteiger partial charge in [-0.3, -0.25) is 0 Å². The number of nitrogens with zero attached hydrogens (tertiary/aromatic N) is 2. The molecule has 1 aliphatic rings. The molecule has 1 saturated heterocycles. The Morgan fingerprint density at radius 1 is 1.19 bits per heavy atom. The number of rotatable bonds is 9. The number of anilines is 1. The van der Waals surface area contributed by atoms with Crippen molar-refractivity contribution in [1.82, 2.24) is 10.6 Å². The predicted octanol–water partition coefficient (Wildman–Crippen LogP) is 3.02. The Labute approximate surface area is 201 Å². The Kier molecular flexibility index (Phi) is 10.7. The van der Waals surface area contributed by atoms with Crippen LogP contribution in [0, 0.1) is 0 Å². The number of ether oxygens (including phenoxy) is 2. The molecule has 2 aromatic carbocycles. The van der Waals surface area contributed by atoms with Crippen LogP contribution in [0.15, 0.2) is 53.5 Å². The molecule has 0 saturated carbocycles. The smallest absolute Gasteiger partial charge is 0.191 e. The first-order valence-electron chi connectivity index (χ1n) is 10.5. The van der Waals surface area contributed by atoms with Crippen LogP contribution in [0.3, 0.4) is 0 Å². The molecule has 8 heteroatoms. The number of nitrogens with one attached hydrogen (secondary N) is 2. The molecule has 31 heavy (non-hydrogen) atoms. The van der Waals surface area contributed by atoms with Crippen molar-refractivity contribution in [3.63, 3.8) is 0 Å². The van der Waals surface area contributed by atoms with E-state index in [9.17, 15) is 0 Å². The second-order valence-electron chi connectivity index (χ2n) is 7.16. The van der Waals surface area contributed by atoms with Crippen LogP contribution in [-0.2, 0) is 6.54 Å². The molecular formula is C23H33IN4O3. The largest absolute Gasteiger partial charge is 0.493 e. The monoisotopic (exact) mass is 540 g/mol. The number of aliphatic imine (C=N–C) groups is 1. The molecule has 170 valence electrons. The molecule has 0 bridgehead atoms. The van der Waals surface area contributed by atoms with Crippen LogP contribution in [0.5, 0.6) is 11.5 Å². The molecule has 1 heterocycles. The standard InChI is InChI=1S/C23H32N4O3.HI/c1-3-24-23(26-19-11-12-27(17-19)20-7-5-4-6-8-20)25-16-18-9-10-21(30-14-13-28)22(15-18)29-2;/h4-10,15,19,28H,3,11-14,16-17H2,1-2H3,(H2,24,25,26);1H. The second kappa shape index (κ2) is 13.3. The Bertz CT molecular complexity index is 820. The first-order valence-corrected chi connectivity index (χ1v) is 10.5. The number of guanidine groups is 1. The van der Waals surface area contributed by atoms with E-state index >= 15 is 0 Å². The molecule has 1 atom stereocenters. The third-order valence-corrected chi connectivity index (χ3v) is 4.99. The van der Waals surface area contributed by atoms with Crippen molar-refractivity contribution in [3.8, 4) is 11.5 Å². The molecule has 2 aromatic rings. The van der Waals surface area contributed by atoms with Gasteiger partial charge in [-0.25, -0.2) is 4.99 Å². The van der Waals surface area contributed by atoms with E-state index in [4.69, 9.17) is 19.6 Å². The van der Waals surface area contributed by atoms with Gasteiger partial charge in [-0.05, 0) is 43.2 Å². The zero-order valence-electron chi connectivity index (χ0n) is 18.2. The van der Waals surface area contributed by atoms with E-state index in [1.165, 1.54) is 5.69 Å². The molecule has 0 radical (unpaired) electrons. The quantitative estimate of drug-likeness (QED) is 0.258. The maximum Gasteiger partial charge on any atom is 0.191 e. The van der Waals surface area contributed by atoms with Crippen LogP contribution < -0.4 is 25.0 Å². The van der Waals surface area contributed by atoms with Crippen molar-refractivity contribution in [2.75, 3.05) is 44.9 Å². The molecule has 0 aliphatic carbocycles. The third-order valence-electron chi connectivity index (χ3n) is 4.99. The summed E-state index contributed by atoms with van der Waals surface area (Å²) < 4.78 is 10.9. The van der Waals surface area contributed by atoms with E-state index in [2.05, 4.69) is 46.7 Å². The minimum atomic E-state index is -0.0320. The van der Waals surface area contributed by atoms with Crippen LogP contribution in [0.25, 0.3) is 0 Å². The fourth-order valence-electron chi connectivity index (χ4n) is 3.52. The van der Waals surface area contributed by atoms with Gasteiger partial charge in [0.1, 0.15) is 6.61 Å². The molecule has 1 fully saturated rings. The van der Waals surface area contributed by atoms with E-state index in [1.54, 1.807) is 7.11 Å². The van der Waals surface area contributed by atoms with Crippen LogP contribution in [0.4, 0.5) is 5.69 Å². The van der Waals surface area contributed by atoms with E-state index in [1.807, 2.05) is 24.3 Å². The van der Waals surface area contributed by atoms with Crippen LogP contribution in [0.2, 0.25) is 0 Å². The number of para-hydroxylation sites is 1. The Morgan fingerprint density at radius 3 is 2.71 bits per heavy atom. The van der Waals surface area contributed by atoms with Crippen LogP contribution in [-0.4, -0.2) is 57.1 Å². The van der Waals surface area contributed by atoms with Gasteiger partial charge in [-0.2, -0.15) is 0 Å². The molecule has 1 aliphatic heterocycles. The molecule has 3 N–H and O–H groups in total. The lowest BCUT2D eigenvalue weighted by Crippen LogP contribution is -2.44. The summed E-state index contributed by atoms with van der Waals surface area (Å²) in [6.45, 7) is 5.60. The lowest BCUT2D eigenvalue weighted by atomic mass is 10.2. The predicted molar refractivity (Wildman–Crippen MR) is 136 cm³/mol. The number of aliphatic hydroxyl groups excluding tert-OH is 1. The number of aliphatic hydroxyl groups is 1. The number of hydrogen-bond acceptors (Lipinski definition) is 5. The normalized spacial score (nSPS) is 15.9. The van der Waals surface area contributed by atoms with Crippen molar-refractivity contribution in [1.29, 1.82) is 0 Å². The highest BCUT2D eigenvalue weighted by Gasteiger charge is 2.23. The Hall–Kier alpha value is -2.20. The molecule has 7 nitrogen and oxygen atoms in total. The molecule has 0 aromatic heterocycles. The number of halogens is 1. The van der Waals surface area contributed by atoms with Gasteiger partial charge in [0.05, 0.1) is 20.3 Å². The molecule has 3 rings (SSSR count). The van der Waals surface area contributed by atoms with Gasteiger partial charge in [-0.15, -0.1) is 24.0 Å². The topological polar surface area (TPSA) is 78.4 Å². The first kappa shape index (κ1) is 25.1. The zero-order valence-corrected chi connectivity index (χ0v) is 20.5. The van der Waals surface area contributed by atoms with E-state index in [0.717, 1.165) is 37.6 Å². The summed E-state index contributed by atoms with van der Waals surface area (Å²) in [6, 6.07) is 16.6. The summed E-state index contributed by atoms with van der Waals surface area (Å²) in [5.41, 5.74) is 2.29. The van der Waals surface area contributed by atoms with Gasteiger partial charge in [0, 0.05) is 31.4 Å². The molecular weight excluding hydrogens is 507 g/mol. The van der Waals surface area contributed by atoms with Gasteiger partial charge in [-0.1, -0.05) is 24.3 Å². The lowest BCUT2D eigenvalue weighted by Gasteiger charge is -2.20. The van der Waals surface area contributed by atoms with Gasteiger partial charge in [0.15, 0.2) is 17.5 Å². The highest BCUT2D eigenvalue weighted by Crippen LogP contribution is 2.28. The molecule has 0 amide bonds. The third kappa shape index (κ3) is 7.46. The van der Waals surface area contributed by atoms with Gasteiger partial charge in [0.25, 0.3) is 0 Å². The van der Waals surface area contributed by atoms with Gasteiger partial charge < -0.3 is 30.1 Å². The summed E-state index contributed by atoms with van der Waals surface area (Å²) in [5.74, 6) is 2.08. The van der Waals surface area contributed by atoms with Crippen LogP contribution in [0.1, 0.15) is 18.9 Å². The number of benzene rings is 2. The second-order valence-corrected chi connectivity index (χ2v) is 7.16. The Morgan fingerprint density at radius 2 is 2.00 bits per heavy atom. The average Bonchev–Trinajstić information content (AvgIpc) is 3.25. The highest BCUT2D eigenvalue weighted by atomic mass is 127. The number of methoxy groups -OCH3 is 1. The van der Waals surface area contributed by atoms with Crippen molar-refractivity contribution in [2.45, 2.75) is 25.9 Å². The Balaban J connectivity index is 0.00000341. The molecule has 0 spiro atoms. The fourth-order valence-corrected chi connectivity index (χ4v) is 3.52. The fraction of sp³-hybridized carbons (Fsp3) is 0.435. The van der Waals surface area contributed by atoms with Crippen molar-refractivity contribution >= 4 is 35.6 Å². The van der Waals surface area contributed by atoms with Gasteiger partial charge in [0.2, 0.25) is 0 Å². The maximum absolute atomic E-state index is 8.94.